The summed E-state index contributed by atoms with van der Waals surface area (Å²) in [5.74, 6) is 0. The van der Waals surface area contributed by atoms with Crippen LogP contribution in [0.2, 0.25) is 0 Å². The molecule has 5 heteroatoms. The fourth-order valence-electron chi connectivity index (χ4n) is 1.57. The monoisotopic (exact) mass is 252 g/mol. The molecule has 0 N–H and O–H groups in total. The Balaban J connectivity index is 3.30. The van der Waals surface area contributed by atoms with Crippen LogP contribution in [0.4, 0.5) is 0 Å². The smallest absolute Gasteiger partial charge is 0.207 e. The highest BCUT2D eigenvalue weighted by Gasteiger charge is 2.24. The van der Waals surface area contributed by atoms with Gasteiger partial charge in [-0.25, -0.2) is 8.42 Å². The van der Waals surface area contributed by atoms with Crippen molar-refractivity contribution in [2.75, 3.05) is 13.1 Å². The SMILES string of the molecule is CCN(CC#N)S(=O)(=O)c1cc(C)ccc1C. The predicted molar refractivity (Wildman–Crippen MR) is 66.0 cm³/mol. The van der Waals surface area contributed by atoms with Gasteiger partial charge in [-0.05, 0) is 31.0 Å². The Labute approximate surface area is 103 Å². The summed E-state index contributed by atoms with van der Waals surface area (Å²) in [5.41, 5.74) is 1.59. The molecule has 0 saturated carbocycles. The van der Waals surface area contributed by atoms with Gasteiger partial charge in [-0.15, -0.1) is 0 Å². The van der Waals surface area contributed by atoms with E-state index in [9.17, 15) is 8.42 Å². The molecule has 0 aromatic heterocycles. The fourth-order valence-corrected chi connectivity index (χ4v) is 3.23. The lowest BCUT2D eigenvalue weighted by molar-refractivity contribution is 0.462. The summed E-state index contributed by atoms with van der Waals surface area (Å²) in [6.45, 7) is 5.50. The second-order valence-electron chi connectivity index (χ2n) is 3.86. The molecule has 92 valence electrons. The molecular weight excluding hydrogens is 236 g/mol. The molecule has 0 atom stereocenters. The number of benzene rings is 1. The molecule has 17 heavy (non-hydrogen) atoms. The van der Waals surface area contributed by atoms with E-state index in [-0.39, 0.29) is 11.4 Å². The normalized spacial score (nSPS) is 11.5. The van der Waals surface area contributed by atoms with Gasteiger partial charge in [-0.2, -0.15) is 9.57 Å². The molecular formula is C12H16N2O2S. The van der Waals surface area contributed by atoms with Gasteiger partial charge in [-0.1, -0.05) is 19.1 Å². The van der Waals surface area contributed by atoms with Gasteiger partial charge in [0.05, 0.1) is 11.0 Å². The van der Waals surface area contributed by atoms with Crippen LogP contribution in [0.3, 0.4) is 0 Å². The van der Waals surface area contributed by atoms with Crippen LogP contribution >= 0.6 is 0 Å². The van der Waals surface area contributed by atoms with E-state index in [1.165, 1.54) is 4.31 Å². The molecule has 0 spiro atoms. The number of nitriles is 1. The zero-order chi connectivity index (χ0) is 13.1. The van der Waals surface area contributed by atoms with Crippen molar-refractivity contribution in [3.05, 3.63) is 29.3 Å². The zero-order valence-electron chi connectivity index (χ0n) is 10.3. The van der Waals surface area contributed by atoms with Gasteiger partial charge in [0.15, 0.2) is 0 Å². The summed E-state index contributed by atoms with van der Waals surface area (Å²) in [5, 5.41) is 8.65. The van der Waals surface area contributed by atoms with E-state index in [1.54, 1.807) is 26.0 Å². The average Bonchev–Trinajstić information content (AvgIpc) is 2.28. The van der Waals surface area contributed by atoms with E-state index >= 15 is 0 Å². The maximum atomic E-state index is 12.3. The number of sulfonamides is 1. The summed E-state index contributed by atoms with van der Waals surface area (Å²) in [7, 11) is -3.56. The van der Waals surface area contributed by atoms with E-state index in [0.717, 1.165) is 5.56 Å². The average molecular weight is 252 g/mol. The van der Waals surface area contributed by atoms with Crippen LogP contribution < -0.4 is 0 Å². The standard InChI is InChI=1S/C12H16N2O2S/c1-4-14(8-7-13)17(15,16)12-9-10(2)5-6-11(12)3/h5-6,9H,4,8H2,1-3H3. The van der Waals surface area contributed by atoms with E-state index in [0.29, 0.717) is 12.1 Å². The molecule has 0 amide bonds. The van der Waals surface area contributed by atoms with Crippen molar-refractivity contribution in [3.63, 3.8) is 0 Å². The molecule has 0 aliphatic heterocycles. The van der Waals surface area contributed by atoms with Gasteiger partial charge in [0.25, 0.3) is 0 Å². The topological polar surface area (TPSA) is 61.2 Å². The summed E-state index contributed by atoms with van der Waals surface area (Å²) in [6.07, 6.45) is 0. The summed E-state index contributed by atoms with van der Waals surface area (Å²) < 4.78 is 25.8. The van der Waals surface area contributed by atoms with Crippen molar-refractivity contribution >= 4 is 10.0 Å². The van der Waals surface area contributed by atoms with Crippen LogP contribution in [-0.2, 0) is 10.0 Å². The first-order valence-corrected chi connectivity index (χ1v) is 6.81. The first kappa shape index (κ1) is 13.7. The van der Waals surface area contributed by atoms with Gasteiger partial charge < -0.3 is 0 Å². The van der Waals surface area contributed by atoms with Crippen molar-refractivity contribution in [1.29, 1.82) is 5.26 Å². The first-order chi connectivity index (χ1) is 7.93. The Morgan fingerprint density at radius 1 is 1.35 bits per heavy atom. The molecule has 0 heterocycles. The maximum Gasteiger partial charge on any atom is 0.244 e. The highest BCUT2D eigenvalue weighted by molar-refractivity contribution is 7.89. The van der Waals surface area contributed by atoms with Crippen molar-refractivity contribution in [2.45, 2.75) is 25.7 Å². The van der Waals surface area contributed by atoms with Crippen molar-refractivity contribution in [1.82, 2.24) is 4.31 Å². The summed E-state index contributed by atoms with van der Waals surface area (Å²) in [4.78, 5) is 0.287. The van der Waals surface area contributed by atoms with E-state index in [2.05, 4.69) is 0 Å². The lowest BCUT2D eigenvalue weighted by atomic mass is 10.2. The Morgan fingerprint density at radius 2 is 2.00 bits per heavy atom. The molecule has 0 radical (unpaired) electrons. The van der Waals surface area contributed by atoms with Gasteiger partial charge in [-0.3, -0.25) is 0 Å². The van der Waals surface area contributed by atoms with Crippen molar-refractivity contribution in [2.24, 2.45) is 0 Å². The number of aryl methyl sites for hydroxylation is 2. The Hall–Kier alpha value is -1.38. The second kappa shape index (κ2) is 5.30. The second-order valence-corrected chi connectivity index (χ2v) is 5.76. The first-order valence-electron chi connectivity index (χ1n) is 5.37. The Morgan fingerprint density at radius 3 is 2.53 bits per heavy atom. The lowest BCUT2D eigenvalue weighted by Gasteiger charge is -2.18. The largest absolute Gasteiger partial charge is 0.244 e. The minimum Gasteiger partial charge on any atom is -0.207 e. The van der Waals surface area contributed by atoms with Gasteiger partial charge in [0.2, 0.25) is 10.0 Å². The molecule has 0 saturated heterocycles. The third-order valence-electron chi connectivity index (χ3n) is 2.56. The van der Waals surface area contributed by atoms with Crippen LogP contribution in [-0.4, -0.2) is 25.8 Å². The molecule has 0 aliphatic rings. The van der Waals surface area contributed by atoms with Crippen molar-refractivity contribution < 1.29 is 8.42 Å². The van der Waals surface area contributed by atoms with Gasteiger partial charge in [0, 0.05) is 6.54 Å². The third kappa shape index (κ3) is 2.84. The highest BCUT2D eigenvalue weighted by atomic mass is 32.2. The maximum absolute atomic E-state index is 12.3. The molecule has 0 fully saturated rings. The minimum absolute atomic E-state index is 0.119. The van der Waals surface area contributed by atoms with Crippen LogP contribution in [0.25, 0.3) is 0 Å². The third-order valence-corrected chi connectivity index (χ3v) is 4.62. The Bertz CT molecular complexity index is 544. The van der Waals surface area contributed by atoms with E-state index in [4.69, 9.17) is 5.26 Å². The van der Waals surface area contributed by atoms with Crippen molar-refractivity contribution in [3.8, 4) is 6.07 Å². The zero-order valence-corrected chi connectivity index (χ0v) is 11.1. The number of rotatable bonds is 4. The molecule has 0 unspecified atom stereocenters. The lowest BCUT2D eigenvalue weighted by Crippen LogP contribution is -2.31. The fraction of sp³-hybridized carbons (Fsp3) is 0.417. The van der Waals surface area contributed by atoms with Crippen LogP contribution in [0.5, 0.6) is 0 Å². The highest BCUT2D eigenvalue weighted by Crippen LogP contribution is 2.20. The van der Waals surface area contributed by atoms with Crippen LogP contribution in [0.15, 0.2) is 23.1 Å². The quantitative estimate of drug-likeness (QED) is 0.768. The predicted octanol–water partition coefficient (Wildman–Crippen LogP) is 1.84. The summed E-state index contributed by atoms with van der Waals surface area (Å²) in [6, 6.07) is 7.17. The van der Waals surface area contributed by atoms with E-state index in [1.807, 2.05) is 19.1 Å². The molecule has 1 aromatic rings. The number of nitrogens with zero attached hydrogens (tertiary/aromatic N) is 2. The van der Waals surface area contributed by atoms with Crippen LogP contribution in [0, 0.1) is 25.2 Å². The summed E-state index contributed by atoms with van der Waals surface area (Å²) >= 11 is 0. The van der Waals surface area contributed by atoms with E-state index < -0.39 is 10.0 Å². The number of hydrogen-bond acceptors (Lipinski definition) is 3. The Kier molecular flexibility index (Phi) is 4.27. The minimum atomic E-state index is -3.56. The van der Waals surface area contributed by atoms with Crippen LogP contribution in [0.1, 0.15) is 18.1 Å². The molecule has 1 rings (SSSR count). The molecule has 1 aromatic carbocycles. The molecule has 0 aliphatic carbocycles. The van der Waals surface area contributed by atoms with Gasteiger partial charge in [0.1, 0.15) is 6.54 Å². The molecule has 0 bridgehead atoms. The van der Waals surface area contributed by atoms with Gasteiger partial charge >= 0.3 is 0 Å². The molecule has 4 nitrogen and oxygen atoms in total. The number of hydrogen-bond donors (Lipinski definition) is 0.